The lowest BCUT2D eigenvalue weighted by Gasteiger charge is -2.13. The molecule has 0 amide bonds. The number of aryl methyl sites for hydroxylation is 2. The molecule has 8 heteroatoms. The first-order valence-corrected chi connectivity index (χ1v) is 10.1. The predicted octanol–water partition coefficient (Wildman–Crippen LogP) is 3.20. The minimum atomic E-state index is 0. The van der Waals surface area contributed by atoms with E-state index in [1.165, 1.54) is 22.4 Å². The topological polar surface area (TPSA) is 72.1 Å². The van der Waals surface area contributed by atoms with Crippen molar-refractivity contribution in [1.82, 2.24) is 30.2 Å². The zero-order valence-corrected chi connectivity index (χ0v) is 20.6. The molecule has 30 heavy (non-hydrogen) atoms. The van der Waals surface area contributed by atoms with Crippen LogP contribution in [0.25, 0.3) is 0 Å². The van der Waals surface area contributed by atoms with E-state index in [-0.39, 0.29) is 24.0 Å². The van der Waals surface area contributed by atoms with Crippen LogP contribution in [0.2, 0.25) is 0 Å². The molecule has 3 rings (SSSR count). The van der Waals surface area contributed by atoms with Gasteiger partial charge in [0.1, 0.15) is 0 Å². The molecule has 2 N–H and O–H groups in total. The molecule has 0 saturated carbocycles. The minimum absolute atomic E-state index is 0. The maximum Gasteiger partial charge on any atom is 0.191 e. The first-order valence-electron chi connectivity index (χ1n) is 10.1. The lowest BCUT2D eigenvalue weighted by Crippen LogP contribution is -2.38. The molecule has 0 radical (unpaired) electrons. The van der Waals surface area contributed by atoms with Gasteiger partial charge < -0.3 is 10.6 Å². The van der Waals surface area contributed by atoms with Crippen molar-refractivity contribution in [2.75, 3.05) is 13.1 Å². The molecular weight excluding hydrogens is 489 g/mol. The normalized spacial score (nSPS) is 11.3. The molecule has 0 spiro atoms. The first kappa shape index (κ1) is 23.9. The van der Waals surface area contributed by atoms with E-state index >= 15 is 0 Å². The highest BCUT2D eigenvalue weighted by Gasteiger charge is 2.09. The number of guanidine groups is 1. The fourth-order valence-electron chi connectivity index (χ4n) is 3.43. The quantitative estimate of drug-likeness (QED) is 0.272. The van der Waals surface area contributed by atoms with Gasteiger partial charge in [-0.05, 0) is 49.9 Å². The number of hydrogen-bond acceptors (Lipinski definition) is 3. The van der Waals surface area contributed by atoms with Gasteiger partial charge in [0.25, 0.3) is 0 Å². The van der Waals surface area contributed by atoms with E-state index < -0.39 is 0 Å². The number of halogens is 1. The molecule has 162 valence electrons. The second kappa shape index (κ2) is 11.7. The summed E-state index contributed by atoms with van der Waals surface area (Å²) in [5.41, 5.74) is 6.07. The average Bonchev–Trinajstić information content (AvgIpc) is 3.30. The SMILES string of the molecule is CCNC(=NCc1ccccc1Cn1cccn1)NCCc1c(C)nn(C)c1C.I. The maximum atomic E-state index is 4.80. The Bertz CT molecular complexity index is 945. The zero-order chi connectivity index (χ0) is 20.6. The van der Waals surface area contributed by atoms with Crippen LogP contribution in [-0.2, 0) is 26.6 Å². The highest BCUT2D eigenvalue weighted by atomic mass is 127. The number of rotatable bonds is 8. The van der Waals surface area contributed by atoms with Crippen LogP contribution in [0, 0.1) is 13.8 Å². The number of nitrogens with one attached hydrogen (secondary N) is 2. The number of aromatic nitrogens is 4. The molecule has 0 saturated heterocycles. The van der Waals surface area contributed by atoms with Crippen LogP contribution >= 0.6 is 24.0 Å². The van der Waals surface area contributed by atoms with Gasteiger partial charge in [0.2, 0.25) is 0 Å². The van der Waals surface area contributed by atoms with Gasteiger partial charge in [-0.3, -0.25) is 9.36 Å². The Morgan fingerprint density at radius 1 is 1.10 bits per heavy atom. The van der Waals surface area contributed by atoms with Crippen LogP contribution in [0.1, 0.15) is 35.0 Å². The molecule has 0 aliphatic heterocycles. The number of benzene rings is 1. The Morgan fingerprint density at radius 2 is 1.87 bits per heavy atom. The molecule has 1 aromatic carbocycles. The Balaban J connectivity index is 0.00000320. The lowest BCUT2D eigenvalue weighted by molar-refractivity contribution is 0.680. The monoisotopic (exact) mass is 521 g/mol. The molecule has 0 bridgehead atoms. The average molecular weight is 521 g/mol. The number of aliphatic imine (C=N–C) groups is 1. The predicted molar refractivity (Wildman–Crippen MR) is 132 cm³/mol. The summed E-state index contributed by atoms with van der Waals surface area (Å²) in [4.78, 5) is 4.80. The van der Waals surface area contributed by atoms with Gasteiger partial charge in [-0.2, -0.15) is 10.2 Å². The van der Waals surface area contributed by atoms with E-state index in [2.05, 4.69) is 65.9 Å². The van der Waals surface area contributed by atoms with E-state index in [0.717, 1.165) is 37.7 Å². The van der Waals surface area contributed by atoms with E-state index in [1.807, 2.05) is 28.7 Å². The Labute approximate surface area is 196 Å². The van der Waals surface area contributed by atoms with E-state index in [1.54, 1.807) is 6.20 Å². The molecule has 0 aliphatic carbocycles. The second-order valence-electron chi connectivity index (χ2n) is 7.12. The molecule has 0 unspecified atom stereocenters. The van der Waals surface area contributed by atoms with Gasteiger partial charge in [-0.15, -0.1) is 24.0 Å². The Morgan fingerprint density at radius 3 is 2.50 bits per heavy atom. The summed E-state index contributed by atoms with van der Waals surface area (Å²) >= 11 is 0. The smallest absolute Gasteiger partial charge is 0.191 e. The summed E-state index contributed by atoms with van der Waals surface area (Å²) in [6.45, 7) is 9.28. The molecule has 7 nitrogen and oxygen atoms in total. The van der Waals surface area contributed by atoms with Gasteiger partial charge in [-0.1, -0.05) is 24.3 Å². The summed E-state index contributed by atoms with van der Waals surface area (Å²) in [6, 6.07) is 10.3. The highest BCUT2D eigenvalue weighted by Crippen LogP contribution is 2.13. The van der Waals surface area contributed by atoms with Crippen LogP contribution in [0.3, 0.4) is 0 Å². The second-order valence-corrected chi connectivity index (χ2v) is 7.12. The largest absolute Gasteiger partial charge is 0.357 e. The molecular formula is C22H32IN7. The van der Waals surface area contributed by atoms with Crippen LogP contribution in [0.15, 0.2) is 47.7 Å². The summed E-state index contributed by atoms with van der Waals surface area (Å²) in [5.74, 6) is 0.834. The summed E-state index contributed by atoms with van der Waals surface area (Å²) in [7, 11) is 1.99. The molecule has 0 aliphatic rings. The number of nitrogens with zero attached hydrogens (tertiary/aromatic N) is 5. The highest BCUT2D eigenvalue weighted by molar-refractivity contribution is 14.0. The number of hydrogen-bond donors (Lipinski definition) is 2. The van der Waals surface area contributed by atoms with Crippen molar-refractivity contribution in [3.05, 3.63) is 70.8 Å². The van der Waals surface area contributed by atoms with Crippen molar-refractivity contribution in [2.24, 2.45) is 12.0 Å². The summed E-state index contributed by atoms with van der Waals surface area (Å²) in [5, 5.41) is 15.6. The molecule has 0 fully saturated rings. The third-order valence-electron chi connectivity index (χ3n) is 5.09. The fraction of sp³-hybridized carbons (Fsp3) is 0.409. The van der Waals surface area contributed by atoms with Crippen molar-refractivity contribution < 1.29 is 0 Å². The maximum absolute atomic E-state index is 4.80. The standard InChI is InChI=1S/C22H31N7.HI/c1-5-23-22(24-13-11-21-17(2)27-28(4)18(21)3)25-15-19-9-6-7-10-20(19)16-29-14-8-12-26-29;/h6-10,12,14H,5,11,13,15-16H2,1-4H3,(H2,23,24,25);1H. The van der Waals surface area contributed by atoms with E-state index in [0.29, 0.717) is 6.54 Å². The van der Waals surface area contributed by atoms with E-state index in [4.69, 9.17) is 4.99 Å². The third kappa shape index (κ3) is 6.32. The van der Waals surface area contributed by atoms with E-state index in [9.17, 15) is 0 Å². The molecule has 2 aromatic heterocycles. The Hall–Kier alpha value is -2.36. The molecule has 3 aromatic rings. The minimum Gasteiger partial charge on any atom is -0.357 e. The van der Waals surface area contributed by atoms with Gasteiger partial charge in [0.15, 0.2) is 5.96 Å². The van der Waals surface area contributed by atoms with Crippen molar-refractivity contribution in [2.45, 2.75) is 40.3 Å². The van der Waals surface area contributed by atoms with Gasteiger partial charge >= 0.3 is 0 Å². The van der Waals surface area contributed by atoms with Crippen LogP contribution < -0.4 is 10.6 Å². The summed E-state index contributed by atoms with van der Waals surface area (Å²) < 4.78 is 3.88. The zero-order valence-electron chi connectivity index (χ0n) is 18.2. The summed E-state index contributed by atoms with van der Waals surface area (Å²) in [6.07, 6.45) is 4.71. The van der Waals surface area contributed by atoms with Gasteiger partial charge in [-0.25, -0.2) is 4.99 Å². The Kier molecular flexibility index (Phi) is 9.35. The van der Waals surface area contributed by atoms with Crippen molar-refractivity contribution in [1.29, 1.82) is 0 Å². The van der Waals surface area contributed by atoms with Crippen molar-refractivity contribution in [3.8, 4) is 0 Å². The van der Waals surface area contributed by atoms with Crippen molar-refractivity contribution >= 4 is 29.9 Å². The first-order chi connectivity index (χ1) is 14.1. The van der Waals surface area contributed by atoms with Crippen LogP contribution in [-0.4, -0.2) is 38.6 Å². The fourth-order valence-corrected chi connectivity index (χ4v) is 3.43. The van der Waals surface area contributed by atoms with Crippen molar-refractivity contribution in [3.63, 3.8) is 0 Å². The molecule has 2 heterocycles. The lowest BCUT2D eigenvalue weighted by atomic mass is 10.1. The van der Waals surface area contributed by atoms with Crippen LogP contribution in [0.5, 0.6) is 0 Å². The molecule has 0 atom stereocenters. The van der Waals surface area contributed by atoms with Gasteiger partial charge in [0, 0.05) is 38.2 Å². The van der Waals surface area contributed by atoms with Crippen LogP contribution in [0.4, 0.5) is 0 Å². The van der Waals surface area contributed by atoms with Gasteiger partial charge in [0.05, 0.1) is 18.8 Å². The third-order valence-corrected chi connectivity index (χ3v) is 5.09.